The molecule has 2 aromatic rings. The van der Waals surface area contributed by atoms with E-state index in [4.69, 9.17) is 16.3 Å². The normalized spacial score (nSPS) is 13.2. The standard InChI is InChI=1S/C12H15ClN2O2/c1-6(5-17-3)10-7(2)11-9(14-10)4-8(13)12(16)15-11/h4,6,14H,5H2,1-3H3,(H,15,16)/t6-/m1/s1. The van der Waals surface area contributed by atoms with Crippen LogP contribution in [0.1, 0.15) is 24.1 Å². The minimum atomic E-state index is -0.257. The fourth-order valence-corrected chi connectivity index (χ4v) is 2.26. The highest BCUT2D eigenvalue weighted by molar-refractivity contribution is 6.30. The molecule has 5 heteroatoms. The molecule has 0 spiro atoms. The van der Waals surface area contributed by atoms with Crippen molar-refractivity contribution in [2.24, 2.45) is 0 Å². The third-order valence-electron chi connectivity index (χ3n) is 2.95. The molecule has 0 aliphatic carbocycles. The Morgan fingerprint density at radius 2 is 2.18 bits per heavy atom. The lowest BCUT2D eigenvalue weighted by Crippen LogP contribution is -2.05. The molecule has 0 aliphatic heterocycles. The van der Waals surface area contributed by atoms with Crippen LogP contribution < -0.4 is 5.56 Å². The van der Waals surface area contributed by atoms with Crippen LogP contribution in [0.4, 0.5) is 0 Å². The van der Waals surface area contributed by atoms with Gasteiger partial charge in [-0.3, -0.25) is 4.79 Å². The molecule has 0 bridgehead atoms. The van der Waals surface area contributed by atoms with Crippen LogP contribution in [0, 0.1) is 6.92 Å². The van der Waals surface area contributed by atoms with Crippen LogP contribution in [0.5, 0.6) is 0 Å². The number of hydrogen-bond donors (Lipinski definition) is 2. The molecule has 0 saturated heterocycles. The molecular weight excluding hydrogens is 240 g/mol. The van der Waals surface area contributed by atoms with Crippen molar-refractivity contribution in [3.8, 4) is 0 Å². The number of aromatic amines is 2. The molecule has 2 heterocycles. The summed E-state index contributed by atoms with van der Waals surface area (Å²) in [5.41, 5.74) is 3.52. The summed E-state index contributed by atoms with van der Waals surface area (Å²) in [5, 5.41) is 0.199. The SMILES string of the molecule is COC[C@@H](C)c1[nH]c2cc(Cl)c(=O)[nH]c2c1C. The van der Waals surface area contributed by atoms with Crippen LogP contribution in [-0.4, -0.2) is 23.7 Å². The van der Waals surface area contributed by atoms with Crippen molar-refractivity contribution in [2.45, 2.75) is 19.8 Å². The monoisotopic (exact) mass is 254 g/mol. The number of methoxy groups -OCH3 is 1. The van der Waals surface area contributed by atoms with E-state index >= 15 is 0 Å². The zero-order valence-corrected chi connectivity index (χ0v) is 10.8. The summed E-state index contributed by atoms with van der Waals surface area (Å²) >= 11 is 5.80. The zero-order valence-electron chi connectivity index (χ0n) is 10.1. The molecule has 2 rings (SSSR count). The first-order chi connectivity index (χ1) is 8.04. The number of pyridine rings is 1. The number of rotatable bonds is 3. The van der Waals surface area contributed by atoms with E-state index in [0.29, 0.717) is 6.61 Å². The van der Waals surface area contributed by atoms with E-state index in [1.807, 2.05) is 6.92 Å². The van der Waals surface area contributed by atoms with E-state index in [2.05, 4.69) is 16.9 Å². The van der Waals surface area contributed by atoms with Crippen molar-refractivity contribution in [3.05, 3.63) is 32.7 Å². The zero-order chi connectivity index (χ0) is 12.6. The largest absolute Gasteiger partial charge is 0.384 e. The van der Waals surface area contributed by atoms with Gasteiger partial charge in [0.1, 0.15) is 5.02 Å². The van der Waals surface area contributed by atoms with Gasteiger partial charge in [-0.2, -0.15) is 0 Å². The molecule has 17 heavy (non-hydrogen) atoms. The van der Waals surface area contributed by atoms with Crippen LogP contribution in [0.15, 0.2) is 10.9 Å². The smallest absolute Gasteiger partial charge is 0.267 e. The predicted molar refractivity (Wildman–Crippen MR) is 69.0 cm³/mol. The van der Waals surface area contributed by atoms with Gasteiger partial charge in [-0.15, -0.1) is 0 Å². The van der Waals surface area contributed by atoms with E-state index in [-0.39, 0.29) is 16.5 Å². The number of ether oxygens (including phenoxy) is 1. The van der Waals surface area contributed by atoms with Crippen molar-refractivity contribution in [1.29, 1.82) is 0 Å². The van der Waals surface area contributed by atoms with Crippen LogP contribution in [0.3, 0.4) is 0 Å². The number of aryl methyl sites for hydroxylation is 1. The van der Waals surface area contributed by atoms with Crippen LogP contribution in [0.25, 0.3) is 11.0 Å². The summed E-state index contributed by atoms with van der Waals surface area (Å²) in [7, 11) is 1.67. The van der Waals surface area contributed by atoms with E-state index in [1.54, 1.807) is 13.2 Å². The number of aromatic nitrogens is 2. The molecule has 0 saturated carbocycles. The molecule has 0 radical (unpaired) electrons. The topological polar surface area (TPSA) is 57.9 Å². The third kappa shape index (κ3) is 2.10. The second kappa shape index (κ2) is 4.55. The van der Waals surface area contributed by atoms with Crippen LogP contribution >= 0.6 is 11.6 Å². The summed E-state index contributed by atoms with van der Waals surface area (Å²) in [4.78, 5) is 17.5. The van der Waals surface area contributed by atoms with Gasteiger partial charge in [-0.25, -0.2) is 0 Å². The third-order valence-corrected chi connectivity index (χ3v) is 3.23. The second-order valence-electron chi connectivity index (χ2n) is 4.26. The molecule has 2 aromatic heterocycles. The van der Waals surface area contributed by atoms with Crippen LogP contribution in [0.2, 0.25) is 5.02 Å². The second-order valence-corrected chi connectivity index (χ2v) is 4.66. The molecule has 0 fully saturated rings. The highest BCUT2D eigenvalue weighted by Gasteiger charge is 2.15. The molecule has 4 nitrogen and oxygen atoms in total. The van der Waals surface area contributed by atoms with Gasteiger partial charge in [-0.1, -0.05) is 18.5 Å². The van der Waals surface area contributed by atoms with Gasteiger partial charge in [0.2, 0.25) is 0 Å². The first-order valence-electron chi connectivity index (χ1n) is 5.44. The van der Waals surface area contributed by atoms with Gasteiger partial charge in [0, 0.05) is 18.7 Å². The number of H-pyrrole nitrogens is 2. The van der Waals surface area contributed by atoms with Gasteiger partial charge >= 0.3 is 0 Å². The average Bonchev–Trinajstić information content (AvgIpc) is 2.58. The maximum atomic E-state index is 11.5. The Bertz CT molecular complexity index is 600. The Kier molecular flexibility index (Phi) is 3.26. The number of nitrogens with one attached hydrogen (secondary N) is 2. The molecule has 0 aliphatic rings. The first-order valence-corrected chi connectivity index (χ1v) is 5.82. The highest BCUT2D eigenvalue weighted by atomic mass is 35.5. The lowest BCUT2D eigenvalue weighted by atomic mass is 10.1. The van der Waals surface area contributed by atoms with Crippen molar-refractivity contribution >= 4 is 22.6 Å². The van der Waals surface area contributed by atoms with E-state index in [1.165, 1.54) is 0 Å². The number of halogens is 1. The molecular formula is C12H15ClN2O2. The number of fused-ring (bicyclic) bond motifs is 1. The Labute approximate surface area is 104 Å². The fourth-order valence-electron chi connectivity index (χ4n) is 2.10. The van der Waals surface area contributed by atoms with Gasteiger partial charge in [0.15, 0.2) is 0 Å². The maximum absolute atomic E-state index is 11.5. The summed E-state index contributed by atoms with van der Waals surface area (Å²) in [6, 6.07) is 1.66. The quantitative estimate of drug-likeness (QED) is 0.885. The van der Waals surface area contributed by atoms with Gasteiger partial charge in [-0.05, 0) is 18.6 Å². The van der Waals surface area contributed by atoms with Gasteiger partial charge < -0.3 is 14.7 Å². The Balaban J connectivity index is 2.60. The summed E-state index contributed by atoms with van der Waals surface area (Å²) < 4.78 is 5.14. The van der Waals surface area contributed by atoms with Crippen molar-refractivity contribution in [2.75, 3.05) is 13.7 Å². The first kappa shape index (κ1) is 12.2. The van der Waals surface area contributed by atoms with Crippen molar-refractivity contribution in [3.63, 3.8) is 0 Å². The molecule has 2 N–H and O–H groups in total. The minimum Gasteiger partial charge on any atom is -0.384 e. The predicted octanol–water partition coefficient (Wildman–Crippen LogP) is 2.57. The van der Waals surface area contributed by atoms with Gasteiger partial charge in [0.25, 0.3) is 5.56 Å². The summed E-state index contributed by atoms with van der Waals surface area (Å²) in [5.74, 6) is 0.245. The Morgan fingerprint density at radius 3 is 2.82 bits per heavy atom. The average molecular weight is 255 g/mol. The minimum absolute atomic E-state index is 0.199. The maximum Gasteiger partial charge on any atom is 0.267 e. The summed E-state index contributed by atoms with van der Waals surface area (Å²) in [6.07, 6.45) is 0. The number of hydrogen-bond acceptors (Lipinski definition) is 2. The van der Waals surface area contributed by atoms with E-state index < -0.39 is 0 Å². The molecule has 0 aromatic carbocycles. The molecule has 0 unspecified atom stereocenters. The molecule has 92 valence electrons. The lowest BCUT2D eigenvalue weighted by molar-refractivity contribution is 0.183. The Morgan fingerprint density at radius 1 is 1.47 bits per heavy atom. The van der Waals surface area contributed by atoms with Crippen molar-refractivity contribution in [1.82, 2.24) is 9.97 Å². The van der Waals surface area contributed by atoms with Crippen LogP contribution in [-0.2, 0) is 4.74 Å². The fraction of sp³-hybridized carbons (Fsp3) is 0.417. The summed E-state index contributed by atoms with van der Waals surface area (Å²) in [6.45, 7) is 4.68. The highest BCUT2D eigenvalue weighted by Crippen LogP contribution is 2.26. The van der Waals surface area contributed by atoms with Gasteiger partial charge in [0.05, 0.1) is 17.6 Å². The van der Waals surface area contributed by atoms with E-state index in [9.17, 15) is 4.79 Å². The lowest BCUT2D eigenvalue weighted by Gasteiger charge is -2.09. The Hall–Kier alpha value is -1.26. The van der Waals surface area contributed by atoms with E-state index in [0.717, 1.165) is 22.3 Å². The molecule has 0 amide bonds. The molecule has 1 atom stereocenters. The van der Waals surface area contributed by atoms with Crippen molar-refractivity contribution < 1.29 is 4.74 Å².